The summed E-state index contributed by atoms with van der Waals surface area (Å²) < 4.78 is 14.2. The number of aromatic nitrogens is 1. The molecule has 0 saturated carbocycles. The molecule has 1 atom stereocenters. The van der Waals surface area contributed by atoms with Crippen LogP contribution in [0.2, 0.25) is 0 Å². The normalized spacial score (nSPS) is 12.3. The average molecular weight is 406 g/mol. The number of hydrogen-bond acceptors (Lipinski definition) is 5. The molecule has 0 aliphatic rings. The van der Waals surface area contributed by atoms with Crippen LogP contribution in [0.1, 0.15) is 28.5 Å². The second-order valence-corrected chi connectivity index (χ2v) is 8.50. The van der Waals surface area contributed by atoms with Crippen LogP contribution in [0.25, 0.3) is 10.2 Å². The van der Waals surface area contributed by atoms with E-state index in [1.807, 2.05) is 19.2 Å². The van der Waals surface area contributed by atoms with E-state index < -0.39 is 6.04 Å². The summed E-state index contributed by atoms with van der Waals surface area (Å²) in [7, 11) is 0. The van der Waals surface area contributed by atoms with Crippen LogP contribution in [-0.4, -0.2) is 29.4 Å². The highest BCUT2D eigenvalue weighted by Crippen LogP contribution is 2.22. The van der Waals surface area contributed by atoms with Crippen molar-refractivity contribution in [3.05, 3.63) is 51.4 Å². The number of rotatable bonds is 7. The molecule has 0 aliphatic carbocycles. The van der Waals surface area contributed by atoms with Gasteiger partial charge in [-0.1, -0.05) is 19.9 Å². The lowest BCUT2D eigenvalue weighted by molar-refractivity contribution is -0.123. The number of benzene rings is 1. The van der Waals surface area contributed by atoms with Crippen LogP contribution >= 0.6 is 22.7 Å². The molecular weight excluding hydrogens is 385 g/mol. The number of thiophene rings is 1. The highest BCUT2D eigenvalue weighted by atomic mass is 32.1. The number of nitrogens with one attached hydrogen (secondary N) is 2. The van der Waals surface area contributed by atoms with Crippen LogP contribution in [0.4, 0.5) is 4.39 Å². The Kier molecular flexibility index (Phi) is 6.18. The predicted octanol–water partition coefficient (Wildman–Crippen LogP) is 3.61. The number of hydrogen-bond donors (Lipinski definition) is 2. The summed E-state index contributed by atoms with van der Waals surface area (Å²) in [4.78, 5) is 29.7. The summed E-state index contributed by atoms with van der Waals surface area (Å²) >= 11 is 2.82. The zero-order valence-corrected chi connectivity index (χ0v) is 16.6. The molecule has 0 saturated heterocycles. The minimum atomic E-state index is -0.607. The van der Waals surface area contributed by atoms with Crippen LogP contribution in [0, 0.1) is 11.7 Å². The maximum absolute atomic E-state index is 13.2. The first-order valence-corrected chi connectivity index (χ1v) is 10.3. The summed E-state index contributed by atoms with van der Waals surface area (Å²) in [6.07, 6.45) is 0.552. The third-order valence-electron chi connectivity index (χ3n) is 4.01. The molecule has 0 fully saturated rings. The van der Waals surface area contributed by atoms with Gasteiger partial charge in [0, 0.05) is 19.0 Å². The molecule has 0 spiro atoms. The van der Waals surface area contributed by atoms with Crippen molar-refractivity contribution in [2.45, 2.75) is 26.3 Å². The predicted molar refractivity (Wildman–Crippen MR) is 107 cm³/mol. The van der Waals surface area contributed by atoms with Gasteiger partial charge >= 0.3 is 0 Å². The molecule has 2 amide bonds. The molecule has 0 aliphatic heterocycles. The molecule has 3 rings (SSSR count). The Balaban J connectivity index is 1.56. The van der Waals surface area contributed by atoms with Gasteiger partial charge in [-0.15, -0.1) is 22.7 Å². The van der Waals surface area contributed by atoms with Crippen LogP contribution in [0.15, 0.2) is 35.7 Å². The van der Waals surface area contributed by atoms with E-state index in [0.29, 0.717) is 23.4 Å². The molecule has 2 heterocycles. The van der Waals surface area contributed by atoms with Crippen molar-refractivity contribution >= 4 is 44.7 Å². The smallest absolute Gasteiger partial charge is 0.262 e. The maximum Gasteiger partial charge on any atom is 0.262 e. The van der Waals surface area contributed by atoms with Crippen molar-refractivity contribution in [2.24, 2.45) is 5.92 Å². The molecule has 2 aromatic heterocycles. The summed E-state index contributed by atoms with van der Waals surface area (Å²) in [5.41, 5.74) is 0.629. The molecule has 0 radical (unpaired) electrons. The minimum absolute atomic E-state index is 0.0423. The molecule has 3 aromatic rings. The standard InChI is InChI=1S/C19H20FN3O2S2/c1-11(2)17(23-18(24)15-4-3-9-26-15)19(25)21-8-7-16-22-13-10-12(20)5-6-14(13)27-16/h3-6,9-11,17H,7-8H2,1-2H3,(H,21,25)(H,23,24)/t17-/m1/s1. The number of amides is 2. The molecular formula is C19H20FN3O2S2. The lowest BCUT2D eigenvalue weighted by atomic mass is 10.0. The van der Waals surface area contributed by atoms with Crippen LogP contribution < -0.4 is 10.6 Å². The van der Waals surface area contributed by atoms with E-state index in [9.17, 15) is 14.0 Å². The summed E-state index contributed by atoms with van der Waals surface area (Å²) in [5, 5.41) is 8.32. The zero-order valence-electron chi connectivity index (χ0n) is 15.0. The largest absolute Gasteiger partial charge is 0.354 e. The zero-order chi connectivity index (χ0) is 19.4. The second kappa shape index (κ2) is 8.58. The summed E-state index contributed by atoms with van der Waals surface area (Å²) in [6, 6.07) is 7.45. The highest BCUT2D eigenvalue weighted by molar-refractivity contribution is 7.18. The van der Waals surface area contributed by atoms with Crippen molar-refractivity contribution in [1.29, 1.82) is 0 Å². The van der Waals surface area contributed by atoms with Crippen LogP contribution in [0.3, 0.4) is 0 Å². The third-order valence-corrected chi connectivity index (χ3v) is 5.98. The van der Waals surface area contributed by atoms with Gasteiger partial charge in [0.1, 0.15) is 11.9 Å². The van der Waals surface area contributed by atoms with Gasteiger partial charge in [0.05, 0.1) is 20.1 Å². The van der Waals surface area contributed by atoms with Crippen molar-refractivity contribution < 1.29 is 14.0 Å². The second-order valence-electron chi connectivity index (χ2n) is 6.43. The van der Waals surface area contributed by atoms with E-state index in [-0.39, 0.29) is 23.5 Å². The monoisotopic (exact) mass is 405 g/mol. The number of thiazole rings is 1. The van der Waals surface area contributed by atoms with E-state index in [1.165, 1.54) is 34.8 Å². The number of fused-ring (bicyclic) bond motifs is 1. The Bertz CT molecular complexity index is 938. The fraction of sp³-hybridized carbons (Fsp3) is 0.316. The van der Waals surface area contributed by atoms with E-state index >= 15 is 0 Å². The number of carbonyl (C=O) groups excluding carboxylic acids is 2. The van der Waals surface area contributed by atoms with Gasteiger partial charge in [-0.2, -0.15) is 0 Å². The lowest BCUT2D eigenvalue weighted by Gasteiger charge is -2.21. The van der Waals surface area contributed by atoms with Gasteiger partial charge in [0.2, 0.25) is 5.91 Å². The quantitative estimate of drug-likeness (QED) is 0.631. The molecule has 1 aromatic carbocycles. The first-order valence-electron chi connectivity index (χ1n) is 8.61. The molecule has 142 valence electrons. The van der Waals surface area contributed by atoms with Crippen molar-refractivity contribution in [1.82, 2.24) is 15.6 Å². The maximum atomic E-state index is 13.2. The highest BCUT2D eigenvalue weighted by Gasteiger charge is 2.24. The van der Waals surface area contributed by atoms with Gasteiger partial charge in [0.15, 0.2) is 0 Å². The van der Waals surface area contributed by atoms with E-state index in [0.717, 1.165) is 9.71 Å². The molecule has 0 bridgehead atoms. The lowest BCUT2D eigenvalue weighted by Crippen LogP contribution is -2.49. The van der Waals surface area contributed by atoms with Crippen molar-refractivity contribution in [3.8, 4) is 0 Å². The molecule has 0 unspecified atom stereocenters. The number of halogens is 1. The number of carbonyl (C=O) groups is 2. The Morgan fingerprint density at radius 2 is 2.07 bits per heavy atom. The van der Waals surface area contributed by atoms with Crippen LogP contribution in [-0.2, 0) is 11.2 Å². The van der Waals surface area contributed by atoms with Crippen molar-refractivity contribution in [3.63, 3.8) is 0 Å². The number of nitrogens with zero attached hydrogens (tertiary/aromatic N) is 1. The fourth-order valence-electron chi connectivity index (χ4n) is 2.61. The summed E-state index contributed by atoms with van der Waals surface area (Å²) in [5.74, 6) is -0.817. The molecule has 5 nitrogen and oxygen atoms in total. The first-order chi connectivity index (χ1) is 12.9. The first kappa shape index (κ1) is 19.4. The fourth-order valence-corrected chi connectivity index (χ4v) is 4.19. The van der Waals surface area contributed by atoms with Gasteiger partial charge in [-0.3, -0.25) is 9.59 Å². The van der Waals surface area contributed by atoms with Gasteiger partial charge in [0.25, 0.3) is 5.91 Å². The van der Waals surface area contributed by atoms with Gasteiger partial charge in [-0.25, -0.2) is 9.37 Å². The minimum Gasteiger partial charge on any atom is -0.354 e. The van der Waals surface area contributed by atoms with E-state index in [2.05, 4.69) is 15.6 Å². The Morgan fingerprint density at radius 1 is 1.26 bits per heavy atom. The molecule has 2 N–H and O–H groups in total. The Morgan fingerprint density at radius 3 is 2.78 bits per heavy atom. The van der Waals surface area contributed by atoms with Crippen LogP contribution in [0.5, 0.6) is 0 Å². The Labute approximate surface area is 164 Å². The van der Waals surface area contributed by atoms with Crippen molar-refractivity contribution in [2.75, 3.05) is 6.54 Å². The summed E-state index contributed by atoms with van der Waals surface area (Å²) in [6.45, 7) is 4.18. The van der Waals surface area contributed by atoms with E-state index in [4.69, 9.17) is 0 Å². The topological polar surface area (TPSA) is 71.1 Å². The van der Waals surface area contributed by atoms with Gasteiger partial charge in [-0.05, 0) is 29.5 Å². The molecule has 8 heteroatoms. The van der Waals surface area contributed by atoms with E-state index in [1.54, 1.807) is 18.2 Å². The molecule has 27 heavy (non-hydrogen) atoms. The average Bonchev–Trinajstić information content (AvgIpc) is 3.28. The third kappa shape index (κ3) is 4.90. The Hall–Kier alpha value is -2.32. The SMILES string of the molecule is CC(C)[C@@H](NC(=O)c1cccs1)C(=O)NCCc1nc2cc(F)ccc2s1. The van der Waals surface area contributed by atoms with Gasteiger partial charge < -0.3 is 10.6 Å².